The molecule has 0 aromatic heterocycles. The molecule has 0 heterocycles. The van der Waals surface area contributed by atoms with Crippen molar-refractivity contribution >= 4 is 0 Å². The van der Waals surface area contributed by atoms with Crippen molar-refractivity contribution in [2.45, 2.75) is 44.4 Å². The molecule has 4 atom stereocenters. The molecule has 2 nitrogen and oxygen atoms in total. The molecule has 0 bridgehead atoms. The highest BCUT2D eigenvalue weighted by Crippen LogP contribution is 2.44. The second kappa shape index (κ2) is 4.49. The zero-order chi connectivity index (χ0) is 14.4. The minimum atomic E-state index is -0.120. The van der Waals surface area contributed by atoms with Crippen molar-refractivity contribution in [2.75, 3.05) is 0 Å². The molecule has 0 radical (unpaired) electrons. The van der Waals surface area contributed by atoms with Gasteiger partial charge in [-0.25, -0.2) is 0 Å². The van der Waals surface area contributed by atoms with Gasteiger partial charge < -0.3 is 10.1 Å². The Morgan fingerprint density at radius 2 is 2.20 bits per heavy atom. The van der Waals surface area contributed by atoms with E-state index in [1.165, 1.54) is 11.1 Å². The number of hydrogen-bond acceptors (Lipinski definition) is 2. The fraction of sp³-hybridized carbons (Fsp3) is 0.444. The SMILES string of the molecule is C=CNC1(C)C=CC1C1=CC=CCC1OC1(C)C=C1C. The molecule has 3 rings (SSSR count). The van der Waals surface area contributed by atoms with Crippen LogP contribution in [0.5, 0.6) is 0 Å². The van der Waals surface area contributed by atoms with E-state index in [1.54, 1.807) is 6.20 Å². The van der Waals surface area contributed by atoms with Gasteiger partial charge in [0.15, 0.2) is 0 Å². The third-order valence-electron chi connectivity index (χ3n) is 4.78. The van der Waals surface area contributed by atoms with Crippen molar-refractivity contribution in [3.63, 3.8) is 0 Å². The molecule has 0 aromatic rings. The second-order valence-electron chi connectivity index (χ2n) is 6.34. The first-order valence-corrected chi connectivity index (χ1v) is 7.31. The van der Waals surface area contributed by atoms with Gasteiger partial charge in [-0.15, -0.1) is 0 Å². The molecule has 0 saturated heterocycles. The van der Waals surface area contributed by atoms with E-state index in [9.17, 15) is 0 Å². The van der Waals surface area contributed by atoms with E-state index in [0.717, 1.165) is 6.42 Å². The maximum Gasteiger partial charge on any atom is 0.105 e. The summed E-state index contributed by atoms with van der Waals surface area (Å²) in [7, 11) is 0. The third kappa shape index (κ3) is 2.08. The Morgan fingerprint density at radius 1 is 1.45 bits per heavy atom. The lowest BCUT2D eigenvalue weighted by Gasteiger charge is -2.45. The van der Waals surface area contributed by atoms with Crippen LogP contribution in [0.3, 0.4) is 0 Å². The van der Waals surface area contributed by atoms with Gasteiger partial charge in [-0.1, -0.05) is 37.0 Å². The van der Waals surface area contributed by atoms with Crippen LogP contribution in [0, 0.1) is 5.92 Å². The predicted octanol–water partition coefficient (Wildman–Crippen LogP) is 3.65. The third-order valence-corrected chi connectivity index (χ3v) is 4.78. The van der Waals surface area contributed by atoms with Crippen LogP contribution in [-0.2, 0) is 4.74 Å². The molecule has 106 valence electrons. The van der Waals surface area contributed by atoms with Gasteiger partial charge in [0.25, 0.3) is 0 Å². The highest BCUT2D eigenvalue weighted by Gasteiger charge is 2.44. The van der Waals surface area contributed by atoms with Crippen LogP contribution in [0.2, 0.25) is 0 Å². The van der Waals surface area contributed by atoms with Crippen molar-refractivity contribution in [3.8, 4) is 0 Å². The average molecular weight is 269 g/mol. The largest absolute Gasteiger partial charge is 0.382 e. The minimum absolute atomic E-state index is 0.0344. The van der Waals surface area contributed by atoms with Gasteiger partial charge in [-0.05, 0) is 50.6 Å². The van der Waals surface area contributed by atoms with Gasteiger partial charge in [0, 0.05) is 5.92 Å². The van der Waals surface area contributed by atoms with Gasteiger partial charge in [-0.2, -0.15) is 0 Å². The summed E-state index contributed by atoms with van der Waals surface area (Å²) in [5.74, 6) is 0.373. The summed E-state index contributed by atoms with van der Waals surface area (Å²) >= 11 is 0. The normalized spacial score (nSPS) is 41.5. The van der Waals surface area contributed by atoms with E-state index in [-0.39, 0.29) is 17.2 Å². The summed E-state index contributed by atoms with van der Waals surface area (Å²) in [5, 5.41) is 3.36. The molecule has 4 unspecified atom stereocenters. The molecule has 20 heavy (non-hydrogen) atoms. The van der Waals surface area contributed by atoms with Gasteiger partial charge in [0.2, 0.25) is 0 Å². The van der Waals surface area contributed by atoms with Crippen LogP contribution in [-0.4, -0.2) is 17.2 Å². The van der Waals surface area contributed by atoms with Crippen LogP contribution in [0.1, 0.15) is 27.2 Å². The van der Waals surface area contributed by atoms with Gasteiger partial charge in [-0.3, -0.25) is 0 Å². The number of hydrogen-bond donors (Lipinski definition) is 1. The summed E-state index contributed by atoms with van der Waals surface area (Å²) in [6.45, 7) is 10.3. The molecule has 0 spiro atoms. The summed E-state index contributed by atoms with van der Waals surface area (Å²) in [5.41, 5.74) is 2.54. The number of nitrogens with one attached hydrogen (secondary N) is 1. The lowest BCUT2D eigenvalue weighted by atomic mass is 9.69. The highest BCUT2D eigenvalue weighted by atomic mass is 16.5. The molecule has 0 aromatic carbocycles. The molecule has 3 aliphatic rings. The Bertz CT molecular complexity index is 554. The van der Waals surface area contributed by atoms with Crippen LogP contribution in [0.25, 0.3) is 0 Å². The Balaban J connectivity index is 1.77. The van der Waals surface area contributed by atoms with Crippen molar-refractivity contribution in [1.29, 1.82) is 0 Å². The zero-order valence-corrected chi connectivity index (χ0v) is 12.5. The fourth-order valence-corrected chi connectivity index (χ4v) is 3.14. The van der Waals surface area contributed by atoms with Crippen LogP contribution in [0.15, 0.2) is 60.4 Å². The maximum absolute atomic E-state index is 6.34. The first-order chi connectivity index (χ1) is 9.48. The quantitative estimate of drug-likeness (QED) is 0.769. The summed E-state index contributed by atoms with van der Waals surface area (Å²) in [4.78, 5) is 0. The van der Waals surface area contributed by atoms with E-state index in [2.05, 4.69) is 69.1 Å². The summed E-state index contributed by atoms with van der Waals surface area (Å²) in [6, 6.07) is 0. The summed E-state index contributed by atoms with van der Waals surface area (Å²) < 4.78 is 6.34. The molecule has 0 aliphatic heterocycles. The zero-order valence-electron chi connectivity index (χ0n) is 12.5. The highest BCUT2D eigenvalue weighted by molar-refractivity contribution is 5.42. The Labute approximate surface area is 121 Å². The molecule has 0 saturated carbocycles. The van der Waals surface area contributed by atoms with Crippen LogP contribution < -0.4 is 5.32 Å². The van der Waals surface area contributed by atoms with Crippen LogP contribution >= 0.6 is 0 Å². The Kier molecular flexibility index (Phi) is 3.02. The molecule has 1 N–H and O–H groups in total. The monoisotopic (exact) mass is 269 g/mol. The lowest BCUT2D eigenvalue weighted by Crippen LogP contribution is -2.51. The first kappa shape index (κ1) is 13.4. The van der Waals surface area contributed by atoms with Crippen molar-refractivity contribution in [2.24, 2.45) is 5.92 Å². The fourth-order valence-electron chi connectivity index (χ4n) is 3.14. The van der Waals surface area contributed by atoms with E-state index >= 15 is 0 Å². The van der Waals surface area contributed by atoms with Crippen LogP contribution in [0.4, 0.5) is 0 Å². The van der Waals surface area contributed by atoms with E-state index in [0.29, 0.717) is 5.92 Å². The predicted molar refractivity (Wildman–Crippen MR) is 83.2 cm³/mol. The van der Waals surface area contributed by atoms with Gasteiger partial charge in [0.1, 0.15) is 5.60 Å². The average Bonchev–Trinajstić information content (AvgIpc) is 2.98. The molecule has 2 heteroatoms. The minimum Gasteiger partial charge on any atom is -0.382 e. The molecule has 3 aliphatic carbocycles. The lowest BCUT2D eigenvalue weighted by molar-refractivity contribution is 0.00716. The van der Waals surface area contributed by atoms with Crippen molar-refractivity contribution < 1.29 is 4.74 Å². The van der Waals surface area contributed by atoms with Gasteiger partial charge >= 0.3 is 0 Å². The maximum atomic E-state index is 6.34. The summed E-state index contributed by atoms with van der Waals surface area (Å²) in [6.07, 6.45) is 16.1. The topological polar surface area (TPSA) is 21.3 Å². The van der Waals surface area contributed by atoms with E-state index < -0.39 is 0 Å². The smallest absolute Gasteiger partial charge is 0.105 e. The number of ether oxygens (including phenoxy) is 1. The Morgan fingerprint density at radius 3 is 2.75 bits per heavy atom. The number of rotatable bonds is 5. The second-order valence-corrected chi connectivity index (χ2v) is 6.34. The van der Waals surface area contributed by atoms with Crippen molar-refractivity contribution in [1.82, 2.24) is 5.32 Å². The Hall–Kier alpha value is -1.54. The molecule has 0 fully saturated rings. The molecule has 0 amide bonds. The number of allylic oxidation sites excluding steroid dienone is 2. The van der Waals surface area contributed by atoms with E-state index in [1.807, 2.05) is 0 Å². The van der Waals surface area contributed by atoms with E-state index in [4.69, 9.17) is 4.74 Å². The van der Waals surface area contributed by atoms with Crippen molar-refractivity contribution in [3.05, 3.63) is 60.4 Å². The first-order valence-electron chi connectivity index (χ1n) is 7.31. The molecular formula is C18H23NO. The van der Waals surface area contributed by atoms with Gasteiger partial charge in [0.05, 0.1) is 11.6 Å². The standard InChI is InChI=1S/C18H23NO/c1-5-19-17(3)11-10-15(17)14-8-6-7-9-16(14)20-18(4)12-13(18)2/h5-8,10-12,15-16,19H,1,9H2,2-4H3. The molecular weight excluding hydrogens is 246 g/mol.